The van der Waals surface area contributed by atoms with Crippen LogP contribution in [0.1, 0.15) is 37.0 Å². The standard InChI is InChI=1S/C30H28N2/c1-5-6-13-27-23(4)29(24-11-9-10-21(2)15-18-24)32-28-14-8-7-12-26(28)30(31-27)25-19-16-22(3)17-20-25/h5-10,12-20H,4,11H2,1-3H3/b6-5-,27-13+,31-30-,32-29+. The third kappa shape index (κ3) is 4.60. The largest absolute Gasteiger partial charge is 0.247 e. The first-order valence-electron chi connectivity index (χ1n) is 11.0. The summed E-state index contributed by atoms with van der Waals surface area (Å²) in [5.41, 5.74) is 10.0. The van der Waals surface area contributed by atoms with Crippen LogP contribution < -0.4 is 0 Å². The van der Waals surface area contributed by atoms with E-state index >= 15 is 0 Å². The molecule has 2 nitrogen and oxygen atoms in total. The van der Waals surface area contributed by atoms with Crippen molar-refractivity contribution in [3.63, 3.8) is 0 Å². The molecule has 0 aromatic heterocycles. The molecule has 0 unspecified atom stereocenters. The van der Waals surface area contributed by atoms with E-state index in [9.17, 15) is 0 Å². The van der Waals surface area contributed by atoms with Gasteiger partial charge in [0.25, 0.3) is 0 Å². The van der Waals surface area contributed by atoms with Crippen molar-refractivity contribution in [2.24, 2.45) is 9.98 Å². The fourth-order valence-electron chi connectivity index (χ4n) is 3.75. The van der Waals surface area contributed by atoms with Crippen LogP contribution in [0.4, 0.5) is 5.69 Å². The Morgan fingerprint density at radius 2 is 1.69 bits per heavy atom. The molecule has 158 valence electrons. The highest BCUT2D eigenvalue weighted by Crippen LogP contribution is 2.32. The van der Waals surface area contributed by atoms with Gasteiger partial charge in [-0.05, 0) is 44.9 Å². The monoisotopic (exact) mass is 416 g/mol. The molecule has 0 spiro atoms. The zero-order valence-corrected chi connectivity index (χ0v) is 19.0. The van der Waals surface area contributed by atoms with Gasteiger partial charge in [-0.1, -0.05) is 96.6 Å². The summed E-state index contributed by atoms with van der Waals surface area (Å²) in [5.74, 6) is 0. The molecule has 2 heteroatoms. The van der Waals surface area contributed by atoms with Crippen molar-refractivity contribution in [1.29, 1.82) is 0 Å². The van der Waals surface area contributed by atoms with E-state index in [1.807, 2.05) is 37.3 Å². The van der Waals surface area contributed by atoms with Gasteiger partial charge in [-0.2, -0.15) is 0 Å². The van der Waals surface area contributed by atoms with Crippen molar-refractivity contribution in [1.82, 2.24) is 0 Å². The zero-order chi connectivity index (χ0) is 22.5. The highest BCUT2D eigenvalue weighted by Gasteiger charge is 2.21. The molecule has 2 aromatic rings. The van der Waals surface area contributed by atoms with Crippen LogP contribution in [0.15, 0.2) is 130 Å². The Morgan fingerprint density at radius 3 is 2.47 bits per heavy atom. The highest BCUT2D eigenvalue weighted by molar-refractivity contribution is 6.21. The summed E-state index contributed by atoms with van der Waals surface area (Å²) in [7, 11) is 0. The van der Waals surface area contributed by atoms with E-state index in [0.717, 1.165) is 51.5 Å². The van der Waals surface area contributed by atoms with Crippen LogP contribution in [0, 0.1) is 6.92 Å². The van der Waals surface area contributed by atoms with Crippen molar-refractivity contribution in [2.45, 2.75) is 27.2 Å². The Hall–Kier alpha value is -3.78. The number of hydrogen-bond donors (Lipinski definition) is 0. The summed E-state index contributed by atoms with van der Waals surface area (Å²) in [6, 6.07) is 16.7. The van der Waals surface area contributed by atoms with E-state index in [-0.39, 0.29) is 0 Å². The molecular weight excluding hydrogens is 388 g/mol. The average molecular weight is 417 g/mol. The molecule has 2 aliphatic rings. The predicted octanol–water partition coefficient (Wildman–Crippen LogP) is 7.77. The summed E-state index contributed by atoms with van der Waals surface area (Å²) in [6.45, 7) is 10.7. The van der Waals surface area contributed by atoms with E-state index in [1.165, 1.54) is 11.1 Å². The minimum Gasteiger partial charge on any atom is -0.247 e. The van der Waals surface area contributed by atoms with Gasteiger partial charge in [0, 0.05) is 16.7 Å². The number of allylic oxidation sites excluding steroid dienone is 10. The Balaban J connectivity index is 1.97. The van der Waals surface area contributed by atoms with E-state index in [1.54, 1.807) is 0 Å². The van der Waals surface area contributed by atoms with Crippen LogP contribution in [-0.2, 0) is 0 Å². The molecule has 1 aliphatic carbocycles. The van der Waals surface area contributed by atoms with Crippen LogP contribution in [-0.4, -0.2) is 11.4 Å². The number of fused-ring (bicyclic) bond motifs is 1. The fourth-order valence-corrected chi connectivity index (χ4v) is 3.75. The van der Waals surface area contributed by atoms with E-state index in [4.69, 9.17) is 9.98 Å². The maximum absolute atomic E-state index is 5.16. The summed E-state index contributed by atoms with van der Waals surface area (Å²) < 4.78 is 0. The van der Waals surface area contributed by atoms with Crippen molar-refractivity contribution < 1.29 is 0 Å². The van der Waals surface area contributed by atoms with E-state index < -0.39 is 0 Å². The Bertz CT molecular complexity index is 1260. The minimum absolute atomic E-state index is 0.805. The smallest absolute Gasteiger partial charge is 0.0803 e. The molecule has 0 amide bonds. The van der Waals surface area contributed by atoms with Crippen LogP contribution in [0.5, 0.6) is 0 Å². The first-order chi connectivity index (χ1) is 15.6. The lowest BCUT2D eigenvalue weighted by Gasteiger charge is -2.19. The lowest BCUT2D eigenvalue weighted by Crippen LogP contribution is -2.13. The van der Waals surface area contributed by atoms with Gasteiger partial charge >= 0.3 is 0 Å². The van der Waals surface area contributed by atoms with Gasteiger partial charge in [-0.3, -0.25) is 0 Å². The molecule has 0 bridgehead atoms. The zero-order valence-electron chi connectivity index (χ0n) is 19.0. The van der Waals surface area contributed by atoms with Crippen molar-refractivity contribution >= 4 is 17.1 Å². The second-order valence-corrected chi connectivity index (χ2v) is 8.07. The van der Waals surface area contributed by atoms with Gasteiger partial charge in [0.1, 0.15) is 0 Å². The molecule has 32 heavy (non-hydrogen) atoms. The van der Waals surface area contributed by atoms with Crippen LogP contribution in [0.25, 0.3) is 0 Å². The normalized spacial score (nSPS) is 21.0. The van der Waals surface area contributed by atoms with Gasteiger partial charge in [0.2, 0.25) is 0 Å². The molecular formula is C30H28N2. The number of aliphatic imine (C=N–C) groups is 2. The molecule has 1 aliphatic heterocycles. The third-order valence-corrected chi connectivity index (χ3v) is 5.56. The van der Waals surface area contributed by atoms with E-state index in [2.05, 4.69) is 81.1 Å². The topological polar surface area (TPSA) is 24.7 Å². The van der Waals surface area contributed by atoms with Gasteiger partial charge in [0.05, 0.1) is 22.8 Å². The van der Waals surface area contributed by atoms with Crippen molar-refractivity contribution in [3.05, 3.63) is 137 Å². The third-order valence-electron chi connectivity index (χ3n) is 5.56. The van der Waals surface area contributed by atoms with Crippen LogP contribution in [0.2, 0.25) is 0 Å². The maximum Gasteiger partial charge on any atom is 0.0803 e. The average Bonchev–Trinajstić information content (AvgIpc) is 3.02. The summed E-state index contributed by atoms with van der Waals surface area (Å²) in [4.78, 5) is 10.3. The second kappa shape index (κ2) is 9.57. The molecule has 0 N–H and O–H groups in total. The number of para-hydroxylation sites is 1. The second-order valence-electron chi connectivity index (χ2n) is 8.07. The van der Waals surface area contributed by atoms with Crippen LogP contribution in [0.3, 0.4) is 0 Å². The number of rotatable bonds is 3. The van der Waals surface area contributed by atoms with Crippen LogP contribution >= 0.6 is 0 Å². The lowest BCUT2D eigenvalue weighted by atomic mass is 9.94. The number of nitrogens with zero attached hydrogens (tertiary/aromatic N) is 2. The van der Waals surface area contributed by atoms with Gasteiger partial charge in [0.15, 0.2) is 0 Å². The van der Waals surface area contributed by atoms with E-state index in [0.29, 0.717) is 0 Å². The number of aryl methyl sites for hydroxylation is 1. The molecule has 0 fully saturated rings. The molecule has 4 rings (SSSR count). The minimum atomic E-state index is 0.805. The molecule has 1 heterocycles. The molecule has 0 atom stereocenters. The SMILES string of the molecule is C=C1/C(C2=CC=C(C)C=CC2)=N\c2ccccc2\C(c2ccc(C)cc2)=N/C1=C/C=C\C. The van der Waals surface area contributed by atoms with Gasteiger partial charge < -0.3 is 0 Å². The first kappa shape index (κ1) is 21.5. The lowest BCUT2D eigenvalue weighted by molar-refractivity contribution is 1.27. The first-order valence-corrected chi connectivity index (χ1v) is 11.0. The summed E-state index contributed by atoms with van der Waals surface area (Å²) in [6.07, 6.45) is 15.5. The number of benzene rings is 2. The van der Waals surface area contributed by atoms with Crippen molar-refractivity contribution in [2.75, 3.05) is 0 Å². The molecule has 0 saturated carbocycles. The highest BCUT2D eigenvalue weighted by atomic mass is 14.8. The maximum atomic E-state index is 5.16. The molecule has 0 radical (unpaired) electrons. The van der Waals surface area contributed by atoms with Gasteiger partial charge in [-0.15, -0.1) is 0 Å². The summed E-state index contributed by atoms with van der Waals surface area (Å²) in [5, 5.41) is 0. The molecule has 2 aromatic carbocycles. The Kier molecular flexibility index (Phi) is 6.42. The van der Waals surface area contributed by atoms with Gasteiger partial charge in [-0.25, -0.2) is 9.98 Å². The molecule has 0 saturated heterocycles. The number of hydrogen-bond acceptors (Lipinski definition) is 2. The Morgan fingerprint density at radius 1 is 0.906 bits per heavy atom. The quantitative estimate of drug-likeness (QED) is 0.488. The Labute approximate surface area is 191 Å². The summed E-state index contributed by atoms with van der Waals surface area (Å²) >= 11 is 0. The van der Waals surface area contributed by atoms with Crippen molar-refractivity contribution in [3.8, 4) is 0 Å². The fraction of sp³-hybridized carbons (Fsp3) is 0.133. The predicted molar refractivity (Wildman–Crippen MR) is 138 cm³/mol.